The second kappa shape index (κ2) is 8.72. The molecular weight excluding hydrogens is 326 g/mol. The minimum Gasteiger partial charge on any atom is -0.497 e. The van der Waals surface area contributed by atoms with Crippen LogP contribution >= 0.6 is 0 Å². The third-order valence-corrected chi connectivity index (χ3v) is 4.93. The van der Waals surface area contributed by atoms with Crippen LogP contribution in [0, 0.1) is 5.92 Å². The van der Waals surface area contributed by atoms with Gasteiger partial charge in [-0.1, -0.05) is 36.4 Å². The molecule has 0 bridgehead atoms. The van der Waals surface area contributed by atoms with Crippen molar-refractivity contribution in [2.24, 2.45) is 5.92 Å². The summed E-state index contributed by atoms with van der Waals surface area (Å²) in [4.78, 5) is 14.1. The van der Waals surface area contributed by atoms with E-state index in [2.05, 4.69) is 34.9 Å². The molecule has 0 aromatic heterocycles. The number of methoxy groups -OCH3 is 1. The molecule has 0 radical (unpaired) electrons. The highest BCUT2D eigenvalue weighted by molar-refractivity contribution is 5.91. The SMILES string of the molecule is COc1cccc(N(C)C(=O)NC2CCC(Cc3ccccc3)CN2)c1. The first-order valence-electron chi connectivity index (χ1n) is 9.11. The van der Waals surface area contributed by atoms with Gasteiger partial charge in [-0.25, -0.2) is 4.79 Å². The number of ether oxygens (including phenoxy) is 1. The van der Waals surface area contributed by atoms with E-state index in [1.807, 2.05) is 30.3 Å². The van der Waals surface area contributed by atoms with Gasteiger partial charge in [0, 0.05) is 25.3 Å². The van der Waals surface area contributed by atoms with Crippen LogP contribution in [-0.2, 0) is 6.42 Å². The van der Waals surface area contributed by atoms with Crippen LogP contribution in [0.1, 0.15) is 18.4 Å². The second-order valence-electron chi connectivity index (χ2n) is 6.80. The van der Waals surface area contributed by atoms with Gasteiger partial charge in [0.05, 0.1) is 13.3 Å². The molecule has 2 aromatic carbocycles. The average molecular weight is 353 g/mol. The first-order valence-corrected chi connectivity index (χ1v) is 9.11. The molecule has 1 aliphatic heterocycles. The van der Waals surface area contributed by atoms with E-state index in [9.17, 15) is 4.79 Å². The van der Waals surface area contributed by atoms with Crippen LogP contribution in [0.2, 0.25) is 0 Å². The summed E-state index contributed by atoms with van der Waals surface area (Å²) in [7, 11) is 3.39. The van der Waals surface area contributed by atoms with E-state index in [0.717, 1.165) is 37.2 Å². The van der Waals surface area contributed by atoms with Gasteiger partial charge >= 0.3 is 6.03 Å². The number of carbonyl (C=O) groups is 1. The van der Waals surface area contributed by atoms with E-state index in [1.165, 1.54) is 5.56 Å². The van der Waals surface area contributed by atoms with Gasteiger partial charge in [0.25, 0.3) is 0 Å². The minimum atomic E-state index is -0.114. The zero-order valence-electron chi connectivity index (χ0n) is 15.4. The van der Waals surface area contributed by atoms with E-state index in [4.69, 9.17) is 4.74 Å². The quantitative estimate of drug-likeness (QED) is 0.866. The summed E-state index contributed by atoms with van der Waals surface area (Å²) < 4.78 is 5.22. The third-order valence-electron chi connectivity index (χ3n) is 4.93. The summed E-state index contributed by atoms with van der Waals surface area (Å²) in [6, 6.07) is 18.0. The standard InChI is InChI=1S/C21H27N3O2/c1-24(18-9-6-10-19(14-18)26-2)21(25)23-20-12-11-17(15-22-20)13-16-7-4-3-5-8-16/h3-10,14,17,20,22H,11-13,15H2,1-2H3,(H,23,25). The number of rotatable bonds is 5. The number of nitrogens with one attached hydrogen (secondary N) is 2. The van der Waals surface area contributed by atoms with Gasteiger partial charge in [0.1, 0.15) is 5.75 Å². The normalized spacial score (nSPS) is 19.6. The van der Waals surface area contributed by atoms with Crippen molar-refractivity contribution in [1.82, 2.24) is 10.6 Å². The van der Waals surface area contributed by atoms with Gasteiger partial charge < -0.3 is 10.1 Å². The Morgan fingerprint density at radius 2 is 2.00 bits per heavy atom. The predicted octanol–water partition coefficient (Wildman–Crippen LogP) is 3.41. The van der Waals surface area contributed by atoms with Crippen LogP contribution in [0.15, 0.2) is 54.6 Å². The summed E-state index contributed by atoms with van der Waals surface area (Å²) in [5.74, 6) is 1.35. The van der Waals surface area contributed by atoms with Crippen molar-refractivity contribution in [3.8, 4) is 5.75 Å². The van der Waals surface area contributed by atoms with E-state index in [1.54, 1.807) is 19.1 Å². The van der Waals surface area contributed by atoms with E-state index in [0.29, 0.717) is 5.92 Å². The van der Waals surface area contributed by atoms with Gasteiger partial charge in [-0.2, -0.15) is 0 Å². The minimum absolute atomic E-state index is 0.0163. The summed E-state index contributed by atoms with van der Waals surface area (Å²) >= 11 is 0. The van der Waals surface area contributed by atoms with Crippen molar-refractivity contribution in [1.29, 1.82) is 0 Å². The van der Waals surface area contributed by atoms with E-state index in [-0.39, 0.29) is 12.2 Å². The van der Waals surface area contributed by atoms with Crippen LogP contribution in [0.4, 0.5) is 10.5 Å². The van der Waals surface area contributed by atoms with Crippen molar-refractivity contribution < 1.29 is 9.53 Å². The van der Waals surface area contributed by atoms with Crippen LogP contribution in [-0.4, -0.2) is 32.9 Å². The largest absolute Gasteiger partial charge is 0.497 e. The van der Waals surface area contributed by atoms with Crippen molar-refractivity contribution in [2.75, 3.05) is 25.6 Å². The molecule has 2 unspecified atom stereocenters. The Bertz CT molecular complexity index is 712. The zero-order valence-corrected chi connectivity index (χ0v) is 15.4. The molecule has 5 nitrogen and oxygen atoms in total. The Balaban J connectivity index is 1.48. The summed E-state index contributed by atoms with van der Waals surface area (Å²) in [6.07, 6.45) is 3.14. The Morgan fingerprint density at radius 3 is 2.69 bits per heavy atom. The molecule has 3 rings (SSSR count). The highest BCUT2D eigenvalue weighted by atomic mass is 16.5. The van der Waals surface area contributed by atoms with Crippen molar-refractivity contribution in [3.63, 3.8) is 0 Å². The van der Waals surface area contributed by atoms with Crippen molar-refractivity contribution in [3.05, 3.63) is 60.2 Å². The molecule has 5 heteroatoms. The number of piperidine rings is 1. The zero-order chi connectivity index (χ0) is 18.4. The molecule has 0 aliphatic carbocycles. The third kappa shape index (κ3) is 4.76. The fraction of sp³-hybridized carbons (Fsp3) is 0.381. The summed E-state index contributed by atoms with van der Waals surface area (Å²) in [5.41, 5.74) is 2.18. The molecular formula is C21H27N3O2. The van der Waals surface area contributed by atoms with Crippen LogP contribution in [0.3, 0.4) is 0 Å². The molecule has 1 heterocycles. The van der Waals surface area contributed by atoms with Gasteiger partial charge in [-0.15, -0.1) is 0 Å². The van der Waals surface area contributed by atoms with E-state index < -0.39 is 0 Å². The lowest BCUT2D eigenvalue weighted by Crippen LogP contribution is -2.53. The van der Waals surface area contributed by atoms with Gasteiger partial charge in [-0.05, 0) is 42.9 Å². The van der Waals surface area contributed by atoms with Gasteiger partial charge in [0.2, 0.25) is 0 Å². The van der Waals surface area contributed by atoms with Crippen LogP contribution in [0.25, 0.3) is 0 Å². The highest BCUT2D eigenvalue weighted by Gasteiger charge is 2.23. The van der Waals surface area contributed by atoms with Crippen molar-refractivity contribution >= 4 is 11.7 Å². The number of benzene rings is 2. The molecule has 138 valence electrons. The lowest BCUT2D eigenvalue weighted by atomic mass is 9.91. The van der Waals surface area contributed by atoms with Crippen LogP contribution < -0.4 is 20.3 Å². The molecule has 2 amide bonds. The molecule has 2 atom stereocenters. The fourth-order valence-corrected chi connectivity index (χ4v) is 3.34. The molecule has 2 aromatic rings. The number of hydrogen-bond acceptors (Lipinski definition) is 3. The number of nitrogens with zero attached hydrogens (tertiary/aromatic N) is 1. The molecule has 1 fully saturated rings. The Kier molecular flexibility index (Phi) is 6.12. The molecule has 1 saturated heterocycles. The van der Waals surface area contributed by atoms with Crippen molar-refractivity contribution in [2.45, 2.75) is 25.4 Å². The van der Waals surface area contributed by atoms with Gasteiger partial charge in [0.15, 0.2) is 0 Å². The lowest BCUT2D eigenvalue weighted by molar-refractivity contribution is 0.228. The molecule has 1 aliphatic rings. The number of hydrogen-bond donors (Lipinski definition) is 2. The summed E-state index contributed by atoms with van der Waals surface area (Å²) in [5, 5.41) is 6.54. The first kappa shape index (κ1) is 18.3. The maximum atomic E-state index is 12.5. The number of amides is 2. The maximum absolute atomic E-state index is 12.5. The maximum Gasteiger partial charge on any atom is 0.322 e. The molecule has 0 spiro atoms. The first-order chi connectivity index (χ1) is 12.7. The lowest BCUT2D eigenvalue weighted by Gasteiger charge is -2.31. The topological polar surface area (TPSA) is 53.6 Å². The molecule has 2 N–H and O–H groups in total. The Labute approximate surface area is 155 Å². The Hall–Kier alpha value is -2.53. The number of anilines is 1. The highest BCUT2D eigenvalue weighted by Crippen LogP contribution is 2.21. The Morgan fingerprint density at radius 1 is 1.19 bits per heavy atom. The fourth-order valence-electron chi connectivity index (χ4n) is 3.34. The number of urea groups is 1. The van der Waals surface area contributed by atoms with Gasteiger partial charge in [-0.3, -0.25) is 10.2 Å². The monoisotopic (exact) mass is 353 g/mol. The average Bonchev–Trinajstić information content (AvgIpc) is 2.69. The smallest absolute Gasteiger partial charge is 0.322 e. The molecule has 26 heavy (non-hydrogen) atoms. The molecule has 0 saturated carbocycles. The van der Waals surface area contributed by atoms with E-state index >= 15 is 0 Å². The summed E-state index contributed by atoms with van der Waals surface area (Å²) in [6.45, 7) is 0.919. The predicted molar refractivity (Wildman–Crippen MR) is 105 cm³/mol. The second-order valence-corrected chi connectivity index (χ2v) is 6.80. The van der Waals surface area contributed by atoms with Crippen LogP contribution in [0.5, 0.6) is 5.75 Å². The number of carbonyl (C=O) groups excluding carboxylic acids is 1.